The van der Waals surface area contributed by atoms with Gasteiger partial charge in [0, 0.05) is 0 Å². The van der Waals surface area contributed by atoms with Crippen molar-refractivity contribution >= 4 is 43.1 Å². The van der Waals surface area contributed by atoms with Crippen molar-refractivity contribution < 1.29 is 44.3 Å². The molecule has 212 valence electrons. The van der Waals surface area contributed by atoms with Crippen LogP contribution in [-0.4, -0.2) is 82.7 Å². The second kappa shape index (κ2) is 21.1. The summed E-state index contributed by atoms with van der Waals surface area (Å²) in [5, 5.41) is 0. The predicted molar refractivity (Wildman–Crippen MR) is 140 cm³/mol. The van der Waals surface area contributed by atoms with Crippen molar-refractivity contribution in [1.29, 1.82) is 0 Å². The second-order valence-corrected chi connectivity index (χ2v) is 17.8. The van der Waals surface area contributed by atoms with Crippen LogP contribution in [0.1, 0.15) is 66.2 Å². The Labute approximate surface area is 226 Å². The summed E-state index contributed by atoms with van der Waals surface area (Å²) in [4.78, 5) is 49.0. The van der Waals surface area contributed by atoms with Gasteiger partial charge in [0.1, 0.15) is 0 Å². The average Bonchev–Trinajstić information content (AvgIpc) is 2.88. The fraction of sp³-hybridized carbons (Fsp3) is 0.692. The van der Waals surface area contributed by atoms with Crippen LogP contribution in [-0.2, 0) is 44.3 Å². The van der Waals surface area contributed by atoms with Crippen molar-refractivity contribution in [1.82, 2.24) is 0 Å². The molecular formula is C26H44O10Sn. The fourth-order valence-corrected chi connectivity index (χ4v) is 12.5. The molecule has 0 aromatic heterocycles. The SMILES string of the molecule is CCC[CH2][Sn]([CH2]CCC)([O]C(=O)/C=C\C(=O)OCC[C@H](C)OC)[O]C(=O)/C=C\C(=O)OCC[C@H](C)OC. The second-order valence-electron chi connectivity index (χ2n) is 8.63. The van der Waals surface area contributed by atoms with Crippen LogP contribution in [0.2, 0.25) is 8.87 Å². The van der Waals surface area contributed by atoms with Gasteiger partial charge in [-0.15, -0.1) is 0 Å². The molecule has 0 N–H and O–H groups in total. The summed E-state index contributed by atoms with van der Waals surface area (Å²) in [5.41, 5.74) is 0. The number of hydrogen-bond donors (Lipinski definition) is 0. The minimum absolute atomic E-state index is 0.0569. The number of methoxy groups -OCH3 is 2. The predicted octanol–water partition coefficient (Wildman–Crippen LogP) is 4.16. The van der Waals surface area contributed by atoms with Gasteiger partial charge in [0.25, 0.3) is 0 Å². The zero-order valence-electron chi connectivity index (χ0n) is 23.1. The summed E-state index contributed by atoms with van der Waals surface area (Å²) in [5.74, 6) is -2.87. The van der Waals surface area contributed by atoms with Crippen LogP contribution in [0.4, 0.5) is 0 Å². The standard InChI is InChI=1S/2C9H14O5.2C4H9.Sn/c2*1-7(13-2)5-6-14-9(12)4-3-8(10)11;2*1-3-4-2;/h2*3-4,7H,5-6H2,1-2H3,(H,10,11);2*1,3-4H2,2H3;/q;;;;+2/p-2/b2*4-3-;;;/t2*7-;;;/m00.../s1. The van der Waals surface area contributed by atoms with Gasteiger partial charge in [-0.2, -0.15) is 0 Å². The Bertz CT molecular complexity index is 688. The van der Waals surface area contributed by atoms with Gasteiger partial charge in [-0.3, -0.25) is 0 Å². The third-order valence-electron chi connectivity index (χ3n) is 5.45. The van der Waals surface area contributed by atoms with Crippen molar-refractivity contribution in [2.24, 2.45) is 0 Å². The van der Waals surface area contributed by atoms with Crippen LogP contribution in [0, 0.1) is 0 Å². The molecule has 0 aliphatic carbocycles. The molecule has 0 spiro atoms. The molecule has 0 aromatic carbocycles. The Morgan fingerprint density at radius 2 is 1.00 bits per heavy atom. The van der Waals surface area contributed by atoms with Gasteiger partial charge < -0.3 is 0 Å². The van der Waals surface area contributed by atoms with E-state index in [4.69, 9.17) is 25.1 Å². The van der Waals surface area contributed by atoms with E-state index in [2.05, 4.69) is 0 Å². The van der Waals surface area contributed by atoms with E-state index in [0.29, 0.717) is 34.6 Å². The van der Waals surface area contributed by atoms with Gasteiger partial charge in [-0.1, -0.05) is 0 Å². The number of carbonyl (C=O) groups excluding carboxylic acids is 4. The first-order chi connectivity index (χ1) is 17.6. The number of hydrogen-bond acceptors (Lipinski definition) is 10. The van der Waals surface area contributed by atoms with Gasteiger partial charge in [0.2, 0.25) is 0 Å². The topological polar surface area (TPSA) is 124 Å². The molecule has 0 bridgehead atoms. The molecule has 0 fully saturated rings. The molecule has 37 heavy (non-hydrogen) atoms. The third-order valence-corrected chi connectivity index (χ3v) is 15.1. The van der Waals surface area contributed by atoms with Gasteiger partial charge in [0.15, 0.2) is 0 Å². The molecular weight excluding hydrogens is 591 g/mol. The molecule has 0 saturated carbocycles. The van der Waals surface area contributed by atoms with Crippen LogP contribution >= 0.6 is 0 Å². The van der Waals surface area contributed by atoms with E-state index in [1.807, 2.05) is 27.7 Å². The van der Waals surface area contributed by atoms with E-state index in [1.165, 1.54) is 0 Å². The normalized spacial score (nSPS) is 13.4. The van der Waals surface area contributed by atoms with Crippen molar-refractivity contribution in [3.05, 3.63) is 24.3 Å². The van der Waals surface area contributed by atoms with Crippen LogP contribution in [0.3, 0.4) is 0 Å². The van der Waals surface area contributed by atoms with E-state index < -0.39 is 43.1 Å². The molecule has 0 amide bonds. The molecule has 2 atom stereocenters. The number of ether oxygens (including phenoxy) is 4. The van der Waals surface area contributed by atoms with E-state index in [1.54, 1.807) is 14.2 Å². The summed E-state index contributed by atoms with van der Waals surface area (Å²) in [7, 11) is 3.13. The molecule has 0 aliphatic heterocycles. The molecule has 0 rings (SSSR count). The van der Waals surface area contributed by atoms with Crippen LogP contribution in [0.25, 0.3) is 0 Å². The maximum absolute atomic E-state index is 12.6. The molecule has 0 saturated heterocycles. The molecule has 0 aliphatic rings. The first-order valence-electron chi connectivity index (χ1n) is 12.8. The Morgan fingerprint density at radius 3 is 1.32 bits per heavy atom. The summed E-state index contributed by atoms with van der Waals surface area (Å²) in [6.07, 6.45) is 8.00. The van der Waals surface area contributed by atoms with Crippen LogP contribution in [0.15, 0.2) is 24.3 Å². The number of carbonyl (C=O) groups is 4. The number of unbranched alkanes of at least 4 members (excludes halogenated alkanes) is 2. The zero-order valence-corrected chi connectivity index (χ0v) is 26.0. The van der Waals surface area contributed by atoms with Crippen molar-refractivity contribution in [3.8, 4) is 0 Å². The van der Waals surface area contributed by atoms with Crippen molar-refractivity contribution in [3.63, 3.8) is 0 Å². The van der Waals surface area contributed by atoms with E-state index in [-0.39, 0.29) is 25.4 Å². The summed E-state index contributed by atoms with van der Waals surface area (Å²) >= 11 is -4.26. The van der Waals surface area contributed by atoms with Crippen LogP contribution in [0.5, 0.6) is 0 Å². The Balaban J connectivity index is 5.22. The quantitative estimate of drug-likeness (QED) is 0.109. The van der Waals surface area contributed by atoms with Crippen molar-refractivity contribution in [2.45, 2.75) is 87.3 Å². The van der Waals surface area contributed by atoms with Crippen molar-refractivity contribution in [2.75, 3.05) is 27.4 Å². The average molecular weight is 635 g/mol. The minimum atomic E-state index is -4.26. The van der Waals surface area contributed by atoms with E-state index >= 15 is 0 Å². The number of rotatable bonds is 20. The van der Waals surface area contributed by atoms with E-state index in [9.17, 15) is 19.2 Å². The molecule has 0 aromatic rings. The molecule has 11 heteroatoms. The zero-order chi connectivity index (χ0) is 28.1. The maximum atomic E-state index is 12.6. The summed E-state index contributed by atoms with van der Waals surface area (Å²) in [6.45, 7) is 7.98. The van der Waals surface area contributed by atoms with Gasteiger partial charge >= 0.3 is 226 Å². The molecule has 0 radical (unpaired) electrons. The van der Waals surface area contributed by atoms with Gasteiger partial charge in [-0.25, -0.2) is 0 Å². The summed E-state index contributed by atoms with van der Waals surface area (Å²) in [6, 6.07) is 0. The van der Waals surface area contributed by atoms with Gasteiger partial charge in [0.05, 0.1) is 0 Å². The first kappa shape index (κ1) is 35.1. The monoisotopic (exact) mass is 636 g/mol. The molecule has 10 nitrogen and oxygen atoms in total. The fourth-order valence-electron chi connectivity index (χ4n) is 2.93. The Morgan fingerprint density at radius 1 is 0.649 bits per heavy atom. The molecule has 0 unspecified atom stereocenters. The first-order valence-corrected chi connectivity index (χ1v) is 19.2. The summed E-state index contributed by atoms with van der Waals surface area (Å²) < 4.78 is 32.8. The Hall–Kier alpha value is -1.92. The third kappa shape index (κ3) is 18.0. The number of esters is 2. The van der Waals surface area contributed by atoms with E-state index in [0.717, 1.165) is 37.1 Å². The van der Waals surface area contributed by atoms with Crippen LogP contribution < -0.4 is 0 Å². The molecule has 0 heterocycles. The van der Waals surface area contributed by atoms with Gasteiger partial charge in [-0.05, 0) is 0 Å². The Kier molecular flexibility index (Phi) is 20.0.